The van der Waals surface area contributed by atoms with Crippen molar-refractivity contribution in [1.29, 1.82) is 0 Å². The van der Waals surface area contributed by atoms with Gasteiger partial charge in [0.05, 0.1) is 10.6 Å². The highest BCUT2D eigenvalue weighted by Crippen LogP contribution is 2.34. The molecule has 0 unspecified atom stereocenters. The van der Waals surface area contributed by atoms with Gasteiger partial charge >= 0.3 is 0 Å². The van der Waals surface area contributed by atoms with Gasteiger partial charge in [-0.2, -0.15) is 0 Å². The van der Waals surface area contributed by atoms with Crippen molar-refractivity contribution in [3.05, 3.63) is 41.3 Å². The summed E-state index contributed by atoms with van der Waals surface area (Å²) < 4.78 is 0. The maximum absolute atomic E-state index is 12.9. The van der Waals surface area contributed by atoms with Crippen LogP contribution in [-0.2, 0) is 0 Å². The Morgan fingerprint density at radius 3 is 2.33 bits per heavy atom. The average molecular weight is 302 g/mol. The molecule has 0 fully saturated rings. The molecule has 3 nitrogen and oxygen atoms in total. The van der Waals surface area contributed by atoms with Crippen LogP contribution in [0.3, 0.4) is 0 Å². The van der Waals surface area contributed by atoms with Crippen LogP contribution < -0.4 is 5.73 Å². The monoisotopic (exact) mass is 302 g/mol. The van der Waals surface area contributed by atoms with Crippen molar-refractivity contribution in [1.82, 2.24) is 4.90 Å². The predicted molar refractivity (Wildman–Crippen MR) is 90.7 cm³/mol. The molecule has 0 aliphatic carbocycles. The molecule has 0 radical (unpaired) electrons. The van der Waals surface area contributed by atoms with E-state index in [1.54, 1.807) is 0 Å². The first-order chi connectivity index (χ1) is 10.2. The summed E-state index contributed by atoms with van der Waals surface area (Å²) in [4.78, 5) is 14.8. The SMILES string of the molecule is CCCN(CCC)C(=O)c1c(-c2ccccc2)csc1N. The van der Waals surface area contributed by atoms with Crippen molar-refractivity contribution in [2.45, 2.75) is 26.7 Å². The van der Waals surface area contributed by atoms with Gasteiger partial charge in [0, 0.05) is 24.0 Å². The zero-order valence-electron chi connectivity index (χ0n) is 12.6. The Kier molecular flexibility index (Phi) is 5.39. The maximum atomic E-state index is 12.9. The first-order valence-corrected chi connectivity index (χ1v) is 8.28. The van der Waals surface area contributed by atoms with Crippen molar-refractivity contribution in [2.24, 2.45) is 0 Å². The van der Waals surface area contributed by atoms with Crippen LogP contribution in [0.25, 0.3) is 11.1 Å². The van der Waals surface area contributed by atoms with Crippen LogP contribution in [0.5, 0.6) is 0 Å². The highest BCUT2D eigenvalue weighted by molar-refractivity contribution is 7.15. The standard InChI is InChI=1S/C17H22N2OS/c1-3-10-19(11-4-2)17(20)15-14(12-21-16(15)18)13-8-6-5-7-9-13/h5-9,12H,3-4,10-11,18H2,1-2H3. The number of carbonyl (C=O) groups is 1. The second-order valence-electron chi connectivity index (χ2n) is 5.05. The molecule has 0 spiro atoms. The van der Waals surface area contributed by atoms with Gasteiger partial charge in [-0.15, -0.1) is 11.3 Å². The number of hydrogen-bond acceptors (Lipinski definition) is 3. The lowest BCUT2D eigenvalue weighted by Gasteiger charge is -2.22. The Morgan fingerprint density at radius 2 is 1.76 bits per heavy atom. The molecule has 2 aromatic rings. The smallest absolute Gasteiger partial charge is 0.257 e. The summed E-state index contributed by atoms with van der Waals surface area (Å²) >= 11 is 1.44. The first-order valence-electron chi connectivity index (χ1n) is 7.40. The Balaban J connectivity index is 2.39. The summed E-state index contributed by atoms with van der Waals surface area (Å²) in [6, 6.07) is 9.96. The van der Waals surface area contributed by atoms with Crippen molar-refractivity contribution >= 4 is 22.2 Å². The molecule has 1 amide bonds. The van der Waals surface area contributed by atoms with E-state index in [0.717, 1.165) is 37.1 Å². The Labute approximate surface area is 130 Å². The minimum atomic E-state index is 0.0521. The molecule has 0 aliphatic rings. The quantitative estimate of drug-likeness (QED) is 0.866. The van der Waals surface area contributed by atoms with Crippen molar-refractivity contribution in [3.63, 3.8) is 0 Å². The van der Waals surface area contributed by atoms with E-state index in [2.05, 4.69) is 13.8 Å². The summed E-state index contributed by atoms with van der Waals surface area (Å²) in [5.74, 6) is 0.0521. The Bertz CT molecular complexity index is 586. The topological polar surface area (TPSA) is 46.3 Å². The fourth-order valence-electron chi connectivity index (χ4n) is 2.44. The number of rotatable bonds is 6. The molecule has 21 heavy (non-hydrogen) atoms. The molecule has 2 rings (SSSR count). The number of benzene rings is 1. The summed E-state index contributed by atoms with van der Waals surface area (Å²) in [5.41, 5.74) is 8.73. The van der Waals surface area contributed by atoms with E-state index in [1.807, 2.05) is 40.6 Å². The van der Waals surface area contributed by atoms with Crippen LogP contribution in [0.1, 0.15) is 37.0 Å². The van der Waals surface area contributed by atoms with Gasteiger partial charge in [0.1, 0.15) is 0 Å². The third-order valence-electron chi connectivity index (χ3n) is 3.39. The minimum Gasteiger partial charge on any atom is -0.390 e. The van der Waals surface area contributed by atoms with Crippen molar-refractivity contribution < 1.29 is 4.79 Å². The molecular formula is C17H22N2OS. The van der Waals surface area contributed by atoms with Gasteiger partial charge in [-0.25, -0.2) is 0 Å². The lowest BCUT2D eigenvalue weighted by atomic mass is 10.0. The van der Waals surface area contributed by atoms with E-state index >= 15 is 0 Å². The Hall–Kier alpha value is -1.81. The highest BCUT2D eigenvalue weighted by Gasteiger charge is 2.22. The minimum absolute atomic E-state index is 0.0521. The maximum Gasteiger partial charge on any atom is 0.257 e. The second-order valence-corrected chi connectivity index (χ2v) is 5.96. The third kappa shape index (κ3) is 3.45. The molecule has 2 N–H and O–H groups in total. The highest BCUT2D eigenvalue weighted by atomic mass is 32.1. The number of nitrogen functional groups attached to an aromatic ring is 1. The summed E-state index contributed by atoms with van der Waals surface area (Å²) in [7, 11) is 0. The van der Waals surface area contributed by atoms with E-state index in [4.69, 9.17) is 5.73 Å². The molecule has 0 atom stereocenters. The zero-order valence-corrected chi connectivity index (χ0v) is 13.5. The van der Waals surface area contributed by atoms with Gasteiger partial charge in [0.15, 0.2) is 0 Å². The second kappa shape index (κ2) is 7.27. The lowest BCUT2D eigenvalue weighted by Crippen LogP contribution is -2.33. The van der Waals surface area contributed by atoms with E-state index in [0.29, 0.717) is 10.6 Å². The van der Waals surface area contributed by atoms with E-state index < -0.39 is 0 Å². The molecule has 1 heterocycles. The molecular weight excluding hydrogens is 280 g/mol. The van der Waals surface area contributed by atoms with Crippen LogP contribution >= 0.6 is 11.3 Å². The van der Waals surface area contributed by atoms with Crippen molar-refractivity contribution in [2.75, 3.05) is 18.8 Å². The molecule has 0 bridgehead atoms. The number of nitrogens with two attached hydrogens (primary N) is 1. The van der Waals surface area contributed by atoms with Crippen LogP contribution in [0, 0.1) is 0 Å². The number of hydrogen-bond donors (Lipinski definition) is 1. The van der Waals surface area contributed by atoms with Crippen LogP contribution in [0.2, 0.25) is 0 Å². The zero-order chi connectivity index (χ0) is 15.2. The number of thiophene rings is 1. The summed E-state index contributed by atoms with van der Waals surface area (Å²) in [5, 5.41) is 2.59. The normalized spacial score (nSPS) is 10.6. The Morgan fingerprint density at radius 1 is 1.14 bits per heavy atom. The molecule has 1 aromatic heterocycles. The third-order valence-corrected chi connectivity index (χ3v) is 4.20. The van der Waals surface area contributed by atoms with Gasteiger partial charge in [-0.3, -0.25) is 4.79 Å². The van der Waals surface area contributed by atoms with Crippen molar-refractivity contribution in [3.8, 4) is 11.1 Å². The van der Waals surface area contributed by atoms with Crippen LogP contribution in [0.4, 0.5) is 5.00 Å². The van der Waals surface area contributed by atoms with Crippen LogP contribution in [0.15, 0.2) is 35.7 Å². The molecule has 1 aromatic carbocycles. The summed E-state index contributed by atoms with van der Waals surface area (Å²) in [6.45, 7) is 5.72. The van der Waals surface area contributed by atoms with Gasteiger partial charge in [0.25, 0.3) is 5.91 Å². The van der Waals surface area contributed by atoms with E-state index in [1.165, 1.54) is 11.3 Å². The fraction of sp³-hybridized carbons (Fsp3) is 0.353. The van der Waals surface area contributed by atoms with Gasteiger partial charge in [-0.1, -0.05) is 44.2 Å². The molecule has 0 saturated carbocycles. The van der Waals surface area contributed by atoms with Gasteiger partial charge in [-0.05, 0) is 18.4 Å². The number of anilines is 1. The largest absolute Gasteiger partial charge is 0.390 e. The number of amides is 1. The number of carbonyl (C=O) groups excluding carboxylic acids is 1. The van der Waals surface area contributed by atoms with Crippen LogP contribution in [-0.4, -0.2) is 23.9 Å². The molecule has 0 saturated heterocycles. The predicted octanol–water partition coefficient (Wildman–Crippen LogP) is 4.26. The molecule has 4 heteroatoms. The molecule has 0 aliphatic heterocycles. The first kappa shape index (κ1) is 15.6. The summed E-state index contributed by atoms with van der Waals surface area (Å²) in [6.07, 6.45) is 1.91. The van der Waals surface area contributed by atoms with E-state index in [9.17, 15) is 4.79 Å². The molecule has 112 valence electrons. The van der Waals surface area contributed by atoms with E-state index in [-0.39, 0.29) is 5.91 Å². The fourth-order valence-corrected chi connectivity index (χ4v) is 3.25. The van der Waals surface area contributed by atoms with Gasteiger partial charge < -0.3 is 10.6 Å². The number of nitrogens with zero attached hydrogens (tertiary/aromatic N) is 1. The average Bonchev–Trinajstić information content (AvgIpc) is 2.89. The van der Waals surface area contributed by atoms with Gasteiger partial charge in [0.2, 0.25) is 0 Å². The lowest BCUT2D eigenvalue weighted by molar-refractivity contribution is 0.0758.